The number of hydrogen-bond acceptors (Lipinski definition) is 6. The minimum atomic E-state index is -4.43. The molecule has 0 unspecified atom stereocenters. The van der Waals surface area contributed by atoms with E-state index in [0.29, 0.717) is 0 Å². The van der Waals surface area contributed by atoms with Gasteiger partial charge in [-0.25, -0.2) is 0 Å². The Hall–Kier alpha value is -2.71. The lowest BCUT2D eigenvalue weighted by atomic mass is 10.1. The molecule has 0 spiro atoms. The fourth-order valence-electron chi connectivity index (χ4n) is 2.26. The Morgan fingerprint density at radius 3 is 2.28 bits per heavy atom. The third kappa shape index (κ3) is 3.01. The van der Waals surface area contributed by atoms with E-state index >= 15 is 0 Å². The van der Waals surface area contributed by atoms with Crippen LogP contribution in [0, 0.1) is 6.92 Å². The highest BCUT2D eigenvalue weighted by Crippen LogP contribution is 2.14. The number of nitrogens with zero attached hydrogens (tertiary/aromatic N) is 1. The van der Waals surface area contributed by atoms with Gasteiger partial charge in [-0.15, -0.1) is 0 Å². The quantitative estimate of drug-likeness (QED) is 0.633. The molecule has 0 saturated heterocycles. The van der Waals surface area contributed by atoms with E-state index in [2.05, 4.69) is 0 Å². The molecular formula is C16H10ClNO6S. The number of fused-ring (bicyclic) bond motifs is 4. The fraction of sp³-hybridized carbons (Fsp3) is 0.0625. The Kier molecular flexibility index (Phi) is 4.09. The Labute approximate surface area is 146 Å². The van der Waals surface area contributed by atoms with E-state index in [-0.39, 0.29) is 26.0 Å². The third-order valence-electron chi connectivity index (χ3n) is 3.56. The minimum absolute atomic E-state index is 0.0993. The second kappa shape index (κ2) is 5.98. The lowest BCUT2D eigenvalue weighted by molar-refractivity contribution is 0.108. The Morgan fingerprint density at radius 2 is 1.68 bits per heavy atom. The average Bonchev–Trinajstić information content (AvgIpc) is 2.73. The van der Waals surface area contributed by atoms with Crippen molar-refractivity contribution < 1.29 is 17.5 Å². The summed E-state index contributed by atoms with van der Waals surface area (Å²) in [6.07, 6.45) is 0. The molecule has 2 heterocycles. The van der Waals surface area contributed by atoms with Crippen molar-refractivity contribution in [1.29, 1.82) is 0 Å². The zero-order valence-corrected chi connectivity index (χ0v) is 14.3. The van der Waals surface area contributed by atoms with Crippen molar-refractivity contribution in [3.05, 3.63) is 74.3 Å². The number of rotatable bonds is 4. The highest BCUT2D eigenvalue weighted by molar-refractivity contribution is 7.87. The number of halogens is 1. The molecule has 0 aliphatic heterocycles. The molecule has 0 aliphatic rings. The second-order valence-electron chi connectivity index (χ2n) is 5.28. The first-order valence-electron chi connectivity index (χ1n) is 6.94. The Balaban J connectivity index is 2.22. The van der Waals surface area contributed by atoms with Crippen molar-refractivity contribution >= 4 is 37.7 Å². The highest BCUT2D eigenvalue weighted by atomic mass is 35.5. The molecular weight excluding hydrogens is 370 g/mol. The standard InChI is InChI=1S/C16H10ClNO6S/c1-9-2-5-11(6-3-9)25(22,23)24-18-15(20)10-4-7-12(16(18)21)13(8-10)14(17)19/h2-8H,1H3. The zero-order chi connectivity index (χ0) is 18.4. The van der Waals surface area contributed by atoms with Crippen LogP contribution >= 0.6 is 11.6 Å². The van der Waals surface area contributed by atoms with Crippen molar-refractivity contribution in [3.8, 4) is 0 Å². The van der Waals surface area contributed by atoms with Crippen LogP contribution in [0.25, 0.3) is 10.8 Å². The van der Waals surface area contributed by atoms with Crippen molar-refractivity contribution in [2.24, 2.45) is 0 Å². The van der Waals surface area contributed by atoms with E-state index in [1.54, 1.807) is 19.1 Å². The molecule has 9 heteroatoms. The summed E-state index contributed by atoms with van der Waals surface area (Å²) >= 11 is 5.41. The van der Waals surface area contributed by atoms with Crippen LogP contribution in [-0.2, 0) is 10.1 Å². The molecule has 2 aromatic carbocycles. The largest absolute Gasteiger partial charge is 0.357 e. The van der Waals surface area contributed by atoms with Crippen LogP contribution in [0.1, 0.15) is 15.9 Å². The Morgan fingerprint density at radius 1 is 1.04 bits per heavy atom. The molecule has 0 aliphatic carbocycles. The number of aryl methyl sites for hydroxylation is 1. The van der Waals surface area contributed by atoms with Crippen LogP contribution in [0.4, 0.5) is 0 Å². The fourth-order valence-corrected chi connectivity index (χ4v) is 3.30. The molecule has 0 N–H and O–H groups in total. The van der Waals surface area contributed by atoms with Gasteiger partial charge in [0.1, 0.15) is 4.90 Å². The maximum atomic E-state index is 12.5. The molecule has 0 amide bonds. The smallest absolute Gasteiger partial charge is 0.277 e. The summed E-state index contributed by atoms with van der Waals surface area (Å²) in [5.74, 6) is 0. The van der Waals surface area contributed by atoms with E-state index in [0.717, 1.165) is 11.6 Å². The van der Waals surface area contributed by atoms with Crippen molar-refractivity contribution in [2.75, 3.05) is 0 Å². The first-order chi connectivity index (χ1) is 11.7. The number of aromatic nitrogens is 1. The predicted molar refractivity (Wildman–Crippen MR) is 90.8 cm³/mol. The Bertz CT molecular complexity index is 1200. The molecule has 4 aromatic rings. The van der Waals surface area contributed by atoms with Crippen molar-refractivity contribution in [1.82, 2.24) is 4.73 Å². The van der Waals surface area contributed by atoms with Crippen LogP contribution in [0.3, 0.4) is 0 Å². The molecule has 0 saturated carbocycles. The van der Waals surface area contributed by atoms with Gasteiger partial charge in [-0.05, 0) is 48.9 Å². The van der Waals surface area contributed by atoms with Gasteiger partial charge in [0.15, 0.2) is 0 Å². The van der Waals surface area contributed by atoms with Crippen molar-refractivity contribution in [2.45, 2.75) is 11.8 Å². The molecule has 2 aromatic heterocycles. The van der Waals surface area contributed by atoms with Crippen molar-refractivity contribution in [3.63, 3.8) is 0 Å². The van der Waals surface area contributed by atoms with Gasteiger partial charge in [0.05, 0.1) is 5.39 Å². The van der Waals surface area contributed by atoms with E-state index in [1.165, 1.54) is 24.3 Å². The highest BCUT2D eigenvalue weighted by Gasteiger charge is 2.22. The summed E-state index contributed by atoms with van der Waals surface area (Å²) in [7, 11) is -4.43. The van der Waals surface area contributed by atoms with Crippen LogP contribution in [0.5, 0.6) is 0 Å². The van der Waals surface area contributed by atoms with E-state index < -0.39 is 26.5 Å². The van der Waals surface area contributed by atoms with E-state index in [1.807, 2.05) is 0 Å². The maximum Gasteiger partial charge on any atom is 0.357 e. The van der Waals surface area contributed by atoms with Gasteiger partial charge < -0.3 is 0 Å². The molecule has 0 atom stereocenters. The van der Waals surface area contributed by atoms with E-state index in [9.17, 15) is 22.8 Å². The lowest BCUT2D eigenvalue weighted by Gasteiger charge is -2.06. The summed E-state index contributed by atoms with van der Waals surface area (Å²) in [4.78, 5) is 36.0. The normalized spacial score (nSPS) is 11.6. The summed E-state index contributed by atoms with van der Waals surface area (Å²) in [6, 6.07) is 9.28. The van der Waals surface area contributed by atoms with Crippen LogP contribution < -0.4 is 15.4 Å². The number of benzene rings is 2. The summed E-state index contributed by atoms with van der Waals surface area (Å²) < 4.78 is 29.6. The summed E-state index contributed by atoms with van der Waals surface area (Å²) in [5, 5.41) is -1.27. The minimum Gasteiger partial charge on any atom is -0.277 e. The van der Waals surface area contributed by atoms with Gasteiger partial charge in [-0.1, -0.05) is 22.4 Å². The molecule has 7 nitrogen and oxygen atoms in total. The average molecular weight is 380 g/mol. The maximum absolute atomic E-state index is 12.5. The monoisotopic (exact) mass is 379 g/mol. The van der Waals surface area contributed by atoms with Gasteiger partial charge in [0, 0.05) is 10.9 Å². The van der Waals surface area contributed by atoms with Gasteiger partial charge in [0.2, 0.25) is 0 Å². The van der Waals surface area contributed by atoms with Gasteiger partial charge in [-0.3, -0.25) is 18.7 Å². The number of hydrogen-bond donors (Lipinski definition) is 0. The molecule has 0 fully saturated rings. The van der Waals surface area contributed by atoms with Gasteiger partial charge in [-0.2, -0.15) is 8.42 Å². The van der Waals surface area contributed by atoms with Crippen LogP contribution in [0.15, 0.2) is 56.9 Å². The van der Waals surface area contributed by atoms with Gasteiger partial charge >= 0.3 is 10.1 Å². The van der Waals surface area contributed by atoms with Crippen LogP contribution in [-0.4, -0.2) is 18.4 Å². The first-order valence-corrected chi connectivity index (χ1v) is 8.73. The topological polar surface area (TPSA) is 99.5 Å². The summed E-state index contributed by atoms with van der Waals surface area (Å²) in [5.41, 5.74) is -1.48. The number of carbonyl (C=O) groups is 1. The predicted octanol–water partition coefficient (Wildman–Crippen LogP) is 1.30. The second-order valence-corrected chi connectivity index (χ2v) is 7.15. The first kappa shape index (κ1) is 17.1. The molecule has 2 bridgehead atoms. The molecule has 0 radical (unpaired) electrons. The van der Waals surface area contributed by atoms with Gasteiger partial charge in [0.25, 0.3) is 16.4 Å². The molecule has 4 rings (SSSR count). The SMILES string of the molecule is Cc1ccc(S(=O)(=O)On2c(=O)c3ccc(c(C(=O)Cl)c3)c2=O)cc1. The lowest BCUT2D eigenvalue weighted by Crippen LogP contribution is -2.38. The number of carbonyl (C=O) groups excluding carboxylic acids is 1. The van der Waals surface area contributed by atoms with Crippen LogP contribution in [0.2, 0.25) is 0 Å². The summed E-state index contributed by atoms with van der Waals surface area (Å²) in [6.45, 7) is 1.77. The van der Waals surface area contributed by atoms with E-state index in [4.69, 9.17) is 15.9 Å². The molecule has 128 valence electrons. The zero-order valence-electron chi connectivity index (χ0n) is 12.7. The molecule has 25 heavy (non-hydrogen) atoms. The third-order valence-corrected chi connectivity index (χ3v) is 4.96.